The van der Waals surface area contributed by atoms with Gasteiger partial charge in [0.1, 0.15) is 0 Å². The van der Waals surface area contributed by atoms with E-state index in [0.29, 0.717) is 11.9 Å². The van der Waals surface area contributed by atoms with Crippen LogP contribution in [0, 0.1) is 5.92 Å². The second-order valence-corrected chi connectivity index (χ2v) is 6.04. The van der Waals surface area contributed by atoms with Crippen molar-refractivity contribution in [1.29, 1.82) is 0 Å². The molecule has 0 aromatic rings. The average molecular weight is 268 g/mol. The summed E-state index contributed by atoms with van der Waals surface area (Å²) in [6.45, 7) is 3.05. The van der Waals surface area contributed by atoms with Crippen LogP contribution in [-0.2, 0) is 4.79 Å². The second kappa shape index (κ2) is 9.35. The first-order valence-corrected chi connectivity index (χ1v) is 8.14. The molecule has 0 radical (unpaired) electrons. The number of hydrogen-bond acceptors (Lipinski definition) is 2. The number of amides is 1. The smallest absolute Gasteiger partial charge is 0.222 e. The number of carbonyl (C=O) groups excluding carboxylic acids is 1. The lowest BCUT2D eigenvalue weighted by atomic mass is 9.84. The number of rotatable bonds is 8. The molecule has 1 amide bonds. The van der Waals surface area contributed by atoms with E-state index in [0.717, 1.165) is 44.6 Å². The van der Waals surface area contributed by atoms with Crippen LogP contribution >= 0.6 is 0 Å². The van der Waals surface area contributed by atoms with E-state index < -0.39 is 0 Å². The van der Waals surface area contributed by atoms with Gasteiger partial charge in [0.15, 0.2) is 0 Å². The molecule has 3 nitrogen and oxygen atoms in total. The van der Waals surface area contributed by atoms with Crippen LogP contribution in [0.3, 0.4) is 0 Å². The van der Waals surface area contributed by atoms with Crippen LogP contribution in [-0.4, -0.2) is 30.4 Å². The van der Waals surface area contributed by atoms with Crippen molar-refractivity contribution in [1.82, 2.24) is 4.90 Å². The molecule has 1 aliphatic rings. The molecule has 19 heavy (non-hydrogen) atoms. The molecule has 0 atom stereocenters. The van der Waals surface area contributed by atoms with Crippen molar-refractivity contribution in [3.63, 3.8) is 0 Å². The Bertz CT molecular complexity index is 247. The summed E-state index contributed by atoms with van der Waals surface area (Å²) in [6.07, 6.45) is 11.4. The molecule has 2 N–H and O–H groups in total. The Balaban J connectivity index is 2.17. The van der Waals surface area contributed by atoms with Gasteiger partial charge in [0.05, 0.1) is 0 Å². The Morgan fingerprint density at radius 2 is 1.74 bits per heavy atom. The molecule has 1 fully saturated rings. The van der Waals surface area contributed by atoms with Gasteiger partial charge in [-0.2, -0.15) is 0 Å². The van der Waals surface area contributed by atoms with E-state index >= 15 is 0 Å². The van der Waals surface area contributed by atoms with Gasteiger partial charge in [-0.25, -0.2) is 0 Å². The molecule has 0 aliphatic heterocycles. The molecule has 0 unspecified atom stereocenters. The Labute approximate surface area is 118 Å². The monoisotopic (exact) mass is 268 g/mol. The summed E-state index contributed by atoms with van der Waals surface area (Å²) in [7, 11) is 2.00. The highest BCUT2D eigenvalue weighted by Gasteiger charge is 2.25. The number of nitrogens with zero attached hydrogens (tertiary/aromatic N) is 1. The summed E-state index contributed by atoms with van der Waals surface area (Å²) in [5.74, 6) is 1.24. The highest BCUT2D eigenvalue weighted by molar-refractivity contribution is 5.76. The summed E-state index contributed by atoms with van der Waals surface area (Å²) in [5, 5.41) is 0. The van der Waals surface area contributed by atoms with E-state index in [1.165, 1.54) is 32.1 Å². The predicted molar refractivity (Wildman–Crippen MR) is 80.9 cm³/mol. The van der Waals surface area contributed by atoms with Gasteiger partial charge >= 0.3 is 0 Å². The summed E-state index contributed by atoms with van der Waals surface area (Å²) in [5.41, 5.74) is 5.46. The molecule has 112 valence electrons. The standard InChI is InChI=1S/C16H32N2O/c1-3-14-9-11-15(12-10-14)18(2)16(19)8-6-4-5-7-13-17/h14-15H,3-13,17H2,1-2H3. The summed E-state index contributed by atoms with van der Waals surface area (Å²) in [6, 6.07) is 0.499. The molecule has 1 saturated carbocycles. The minimum atomic E-state index is 0.340. The minimum Gasteiger partial charge on any atom is -0.343 e. The maximum Gasteiger partial charge on any atom is 0.222 e. The first-order chi connectivity index (χ1) is 9.19. The first kappa shape index (κ1) is 16.5. The third-order valence-electron chi connectivity index (χ3n) is 4.68. The summed E-state index contributed by atoms with van der Waals surface area (Å²) >= 11 is 0. The van der Waals surface area contributed by atoms with Gasteiger partial charge in [-0.1, -0.05) is 26.2 Å². The third kappa shape index (κ3) is 5.94. The minimum absolute atomic E-state index is 0.340. The summed E-state index contributed by atoms with van der Waals surface area (Å²) in [4.78, 5) is 14.1. The van der Waals surface area contributed by atoms with E-state index in [-0.39, 0.29) is 0 Å². The van der Waals surface area contributed by atoms with Crippen LogP contribution in [0.25, 0.3) is 0 Å². The second-order valence-electron chi connectivity index (χ2n) is 6.04. The topological polar surface area (TPSA) is 46.3 Å². The zero-order valence-corrected chi connectivity index (χ0v) is 12.9. The van der Waals surface area contributed by atoms with Crippen LogP contribution in [0.15, 0.2) is 0 Å². The van der Waals surface area contributed by atoms with E-state index in [2.05, 4.69) is 6.92 Å². The number of unbranched alkanes of at least 4 members (excludes halogenated alkanes) is 3. The number of nitrogens with two attached hydrogens (primary N) is 1. The fourth-order valence-electron chi connectivity index (χ4n) is 3.09. The van der Waals surface area contributed by atoms with E-state index in [4.69, 9.17) is 5.73 Å². The molecule has 0 spiro atoms. The van der Waals surface area contributed by atoms with Crippen LogP contribution in [0.2, 0.25) is 0 Å². The maximum absolute atomic E-state index is 12.1. The third-order valence-corrected chi connectivity index (χ3v) is 4.68. The van der Waals surface area contributed by atoms with Crippen molar-refractivity contribution in [3.05, 3.63) is 0 Å². The van der Waals surface area contributed by atoms with Gasteiger partial charge in [-0.15, -0.1) is 0 Å². The van der Waals surface area contributed by atoms with Crippen LogP contribution in [0.4, 0.5) is 0 Å². The van der Waals surface area contributed by atoms with Gasteiger partial charge < -0.3 is 10.6 Å². The van der Waals surface area contributed by atoms with Crippen molar-refractivity contribution >= 4 is 5.91 Å². The molecular formula is C16H32N2O. The summed E-state index contributed by atoms with van der Waals surface area (Å²) < 4.78 is 0. The quantitative estimate of drug-likeness (QED) is 0.686. The van der Waals surface area contributed by atoms with Gasteiger partial charge in [0.2, 0.25) is 5.91 Å². The normalized spacial score (nSPS) is 23.3. The first-order valence-electron chi connectivity index (χ1n) is 8.14. The molecule has 0 heterocycles. The van der Waals surface area contributed by atoms with E-state index in [9.17, 15) is 4.79 Å². The molecular weight excluding hydrogens is 236 g/mol. The Hall–Kier alpha value is -0.570. The lowest BCUT2D eigenvalue weighted by molar-refractivity contribution is -0.132. The Kier molecular flexibility index (Phi) is 8.11. The maximum atomic E-state index is 12.1. The Morgan fingerprint density at radius 1 is 1.11 bits per heavy atom. The number of carbonyl (C=O) groups is 1. The zero-order chi connectivity index (χ0) is 14.1. The van der Waals surface area contributed by atoms with Gasteiger partial charge in [-0.05, 0) is 51.0 Å². The molecule has 0 saturated heterocycles. The van der Waals surface area contributed by atoms with Crippen LogP contribution < -0.4 is 5.73 Å². The van der Waals surface area contributed by atoms with Crippen molar-refractivity contribution in [2.24, 2.45) is 11.7 Å². The molecule has 0 aromatic carbocycles. The van der Waals surface area contributed by atoms with Crippen molar-refractivity contribution < 1.29 is 4.79 Å². The van der Waals surface area contributed by atoms with Gasteiger partial charge in [0.25, 0.3) is 0 Å². The molecule has 1 rings (SSSR count). The lowest BCUT2D eigenvalue weighted by Crippen LogP contribution is -2.39. The van der Waals surface area contributed by atoms with Gasteiger partial charge in [-0.3, -0.25) is 4.79 Å². The fourth-order valence-corrected chi connectivity index (χ4v) is 3.09. The lowest BCUT2D eigenvalue weighted by Gasteiger charge is -2.34. The molecule has 0 aromatic heterocycles. The molecule has 1 aliphatic carbocycles. The van der Waals surface area contributed by atoms with Crippen molar-refractivity contribution in [2.45, 2.75) is 77.2 Å². The van der Waals surface area contributed by atoms with Crippen molar-refractivity contribution in [2.75, 3.05) is 13.6 Å². The molecule has 0 bridgehead atoms. The highest BCUT2D eigenvalue weighted by Crippen LogP contribution is 2.29. The number of hydrogen-bond donors (Lipinski definition) is 1. The predicted octanol–water partition coefficient (Wildman–Crippen LogP) is 3.32. The molecule has 3 heteroatoms. The van der Waals surface area contributed by atoms with Crippen LogP contribution in [0.5, 0.6) is 0 Å². The largest absolute Gasteiger partial charge is 0.343 e. The SMILES string of the molecule is CCC1CCC(N(C)C(=O)CCCCCCN)CC1. The Morgan fingerprint density at radius 3 is 2.32 bits per heavy atom. The zero-order valence-electron chi connectivity index (χ0n) is 12.9. The van der Waals surface area contributed by atoms with E-state index in [1.54, 1.807) is 0 Å². The fraction of sp³-hybridized carbons (Fsp3) is 0.938. The van der Waals surface area contributed by atoms with Crippen LogP contribution in [0.1, 0.15) is 71.1 Å². The van der Waals surface area contributed by atoms with Crippen molar-refractivity contribution in [3.8, 4) is 0 Å². The van der Waals surface area contributed by atoms with Gasteiger partial charge in [0, 0.05) is 19.5 Å². The average Bonchev–Trinajstić information content (AvgIpc) is 2.46. The highest BCUT2D eigenvalue weighted by atomic mass is 16.2. The van der Waals surface area contributed by atoms with E-state index in [1.807, 2.05) is 11.9 Å².